The minimum absolute atomic E-state index is 0.0136. The summed E-state index contributed by atoms with van der Waals surface area (Å²) in [6, 6.07) is 0. The van der Waals surface area contributed by atoms with Gasteiger partial charge >= 0.3 is 5.97 Å². The Labute approximate surface area is 225 Å². The summed E-state index contributed by atoms with van der Waals surface area (Å²) in [6.07, 6.45) is 11.3. The topological polar surface area (TPSA) is 63.6 Å². The van der Waals surface area contributed by atoms with E-state index >= 15 is 0 Å². The Morgan fingerprint density at radius 1 is 0.919 bits per heavy atom. The molecule has 0 bridgehead atoms. The maximum Gasteiger partial charge on any atom is 0.312 e. The summed E-state index contributed by atoms with van der Waals surface area (Å²) in [5.41, 5.74) is -0.240. The van der Waals surface area contributed by atoms with Crippen molar-refractivity contribution in [2.75, 3.05) is 7.11 Å². The van der Waals surface area contributed by atoms with Crippen LogP contribution in [0.1, 0.15) is 113 Å². The zero-order valence-electron chi connectivity index (χ0n) is 25.0. The lowest BCUT2D eigenvalue weighted by atomic mass is 9.32. The Morgan fingerprint density at radius 3 is 2.22 bits per heavy atom. The van der Waals surface area contributed by atoms with Crippen LogP contribution in [0.3, 0.4) is 0 Å². The highest BCUT2D eigenvalue weighted by Crippen LogP contribution is 2.76. The quantitative estimate of drug-likeness (QED) is 0.315. The lowest BCUT2D eigenvalue weighted by molar-refractivity contribution is -0.231. The van der Waals surface area contributed by atoms with Gasteiger partial charge in [0, 0.05) is 5.41 Å². The molecular weight excluding hydrogens is 460 g/mol. The van der Waals surface area contributed by atoms with Gasteiger partial charge in [0.05, 0.1) is 12.5 Å². The molecule has 1 unspecified atom stereocenters. The average Bonchev–Trinajstić information content (AvgIpc) is 2.83. The summed E-state index contributed by atoms with van der Waals surface area (Å²) < 4.78 is 5.51. The normalized spacial score (nSPS) is 52.5. The number of allylic oxidation sites excluding steroid dienone is 2. The summed E-state index contributed by atoms with van der Waals surface area (Å²) >= 11 is 0. The van der Waals surface area contributed by atoms with Crippen LogP contribution >= 0.6 is 0 Å². The van der Waals surface area contributed by atoms with Crippen molar-refractivity contribution in [3.8, 4) is 0 Å². The molecule has 0 amide bonds. The molecule has 4 heteroatoms. The number of hydrogen-bond donors (Lipinski definition) is 1. The Kier molecular flexibility index (Phi) is 6.06. The van der Waals surface area contributed by atoms with E-state index in [1.165, 1.54) is 0 Å². The monoisotopic (exact) mass is 512 g/mol. The third-order valence-corrected chi connectivity index (χ3v) is 14.4. The van der Waals surface area contributed by atoms with Gasteiger partial charge in [0.2, 0.25) is 0 Å². The van der Waals surface area contributed by atoms with Gasteiger partial charge in [0.15, 0.2) is 5.78 Å². The molecule has 0 heterocycles. The smallest absolute Gasteiger partial charge is 0.312 e. The van der Waals surface area contributed by atoms with Crippen LogP contribution in [0.25, 0.3) is 0 Å². The van der Waals surface area contributed by atoms with Crippen molar-refractivity contribution in [2.45, 2.75) is 119 Å². The standard InChI is InChI=1S/C33H52O4/c1-20-12-15-32(27(35)37-9)18-17-30(7)23(26(32)21(20)2)10-11-25-29(6)16-19-33(36,22(3)34)28(4,5)24(29)13-14-31(25,30)8/h10,20-21,24-26,36H,11-19H2,1-9H3/t20-,21+,24?,25-,26+,29+,30-,31-,32+,33-/m1/s1. The molecule has 5 aliphatic carbocycles. The highest BCUT2D eigenvalue weighted by Gasteiger charge is 2.71. The molecule has 0 saturated heterocycles. The van der Waals surface area contributed by atoms with Crippen molar-refractivity contribution in [1.29, 1.82) is 0 Å². The number of esters is 1. The molecule has 4 saturated carbocycles. The highest BCUT2D eigenvalue weighted by molar-refractivity contribution is 5.86. The SMILES string of the molecule is COC(=O)[C@]12CC[C@@H](C)[C@H](C)[C@H]1C1=CC[C@@H]3[C@@]4(C)CC[C@@](O)(C(C)=O)C(C)(C)C4CC[C@@]3(C)[C@]1(C)CC2. The molecule has 0 spiro atoms. The molecular formula is C33H52O4. The molecule has 5 aliphatic rings. The van der Waals surface area contributed by atoms with Gasteiger partial charge < -0.3 is 9.84 Å². The van der Waals surface area contributed by atoms with Crippen molar-refractivity contribution < 1.29 is 19.4 Å². The molecule has 0 aromatic heterocycles. The first kappa shape index (κ1) is 27.4. The van der Waals surface area contributed by atoms with Crippen LogP contribution in [-0.4, -0.2) is 29.6 Å². The average molecular weight is 513 g/mol. The predicted molar refractivity (Wildman–Crippen MR) is 147 cm³/mol. The van der Waals surface area contributed by atoms with Crippen LogP contribution in [-0.2, 0) is 14.3 Å². The van der Waals surface area contributed by atoms with Crippen LogP contribution < -0.4 is 0 Å². The third kappa shape index (κ3) is 3.11. The molecule has 1 N–H and O–H groups in total. The number of carbonyl (C=O) groups excluding carboxylic acids is 2. The maximum atomic E-state index is 13.4. The van der Waals surface area contributed by atoms with Gasteiger partial charge in [0.25, 0.3) is 0 Å². The van der Waals surface area contributed by atoms with Gasteiger partial charge in [-0.25, -0.2) is 0 Å². The van der Waals surface area contributed by atoms with Crippen molar-refractivity contribution in [2.24, 2.45) is 56.7 Å². The Bertz CT molecular complexity index is 1030. The minimum Gasteiger partial charge on any atom is -0.469 e. The van der Waals surface area contributed by atoms with Crippen LogP contribution in [0.15, 0.2) is 11.6 Å². The summed E-state index contributed by atoms with van der Waals surface area (Å²) in [5, 5.41) is 11.6. The molecule has 37 heavy (non-hydrogen) atoms. The fourth-order valence-electron chi connectivity index (χ4n) is 11.6. The van der Waals surface area contributed by atoms with E-state index in [-0.39, 0.29) is 39.3 Å². The summed E-state index contributed by atoms with van der Waals surface area (Å²) in [5.74, 6) is 2.09. The molecule has 5 rings (SSSR count). The minimum atomic E-state index is -1.23. The van der Waals surface area contributed by atoms with Gasteiger partial charge in [-0.15, -0.1) is 0 Å². The van der Waals surface area contributed by atoms with E-state index in [1.807, 2.05) is 0 Å². The van der Waals surface area contributed by atoms with E-state index in [2.05, 4.69) is 54.5 Å². The lowest BCUT2D eigenvalue weighted by Gasteiger charge is -2.72. The Hall–Kier alpha value is -1.16. The van der Waals surface area contributed by atoms with E-state index in [9.17, 15) is 14.7 Å². The molecule has 0 radical (unpaired) electrons. The first-order chi connectivity index (χ1) is 17.1. The molecule has 0 aliphatic heterocycles. The van der Waals surface area contributed by atoms with Crippen molar-refractivity contribution >= 4 is 11.8 Å². The van der Waals surface area contributed by atoms with E-state index in [0.29, 0.717) is 30.1 Å². The van der Waals surface area contributed by atoms with Crippen molar-refractivity contribution in [3.63, 3.8) is 0 Å². The number of carbonyl (C=O) groups is 2. The van der Waals surface area contributed by atoms with Crippen LogP contribution in [0.5, 0.6) is 0 Å². The second-order valence-electron chi connectivity index (χ2n) is 15.4. The van der Waals surface area contributed by atoms with Crippen LogP contribution in [0.4, 0.5) is 0 Å². The molecule has 0 aromatic rings. The summed E-state index contributed by atoms with van der Waals surface area (Å²) in [4.78, 5) is 26.1. The zero-order chi connectivity index (χ0) is 27.4. The number of Topliss-reactive ketones (excluding diaryl/α,β-unsaturated/α-hetero) is 1. The number of fused-ring (bicyclic) bond motifs is 7. The number of ether oxygens (including phenoxy) is 1. The van der Waals surface area contributed by atoms with Crippen molar-refractivity contribution in [3.05, 3.63) is 11.6 Å². The predicted octanol–water partition coefficient (Wildman–Crippen LogP) is 7.14. The Balaban J connectivity index is 1.60. The van der Waals surface area contributed by atoms with Gasteiger partial charge in [-0.1, -0.05) is 60.1 Å². The van der Waals surface area contributed by atoms with E-state index < -0.39 is 11.0 Å². The van der Waals surface area contributed by atoms with E-state index in [1.54, 1.807) is 19.6 Å². The largest absolute Gasteiger partial charge is 0.469 e. The maximum absolute atomic E-state index is 13.4. The number of ketones is 1. The van der Waals surface area contributed by atoms with Gasteiger partial charge in [0.1, 0.15) is 5.60 Å². The first-order valence-electron chi connectivity index (χ1n) is 15.1. The van der Waals surface area contributed by atoms with E-state index in [0.717, 1.165) is 51.4 Å². The second kappa shape index (κ2) is 8.18. The van der Waals surface area contributed by atoms with Gasteiger partial charge in [-0.2, -0.15) is 0 Å². The number of aliphatic hydroxyl groups is 1. The summed E-state index contributed by atoms with van der Waals surface area (Å²) in [7, 11) is 1.58. The molecule has 0 aromatic carbocycles. The lowest BCUT2D eigenvalue weighted by Crippen LogP contribution is -2.68. The molecule has 4 fully saturated rings. The van der Waals surface area contributed by atoms with Crippen LogP contribution in [0.2, 0.25) is 0 Å². The number of rotatable bonds is 2. The Morgan fingerprint density at radius 2 is 1.59 bits per heavy atom. The first-order valence-corrected chi connectivity index (χ1v) is 15.1. The molecule has 208 valence electrons. The van der Waals surface area contributed by atoms with E-state index in [4.69, 9.17) is 4.74 Å². The van der Waals surface area contributed by atoms with Gasteiger partial charge in [-0.05, 0) is 111 Å². The second-order valence-corrected chi connectivity index (χ2v) is 15.4. The fraction of sp³-hybridized carbons (Fsp3) is 0.879. The highest BCUT2D eigenvalue weighted by atomic mass is 16.5. The third-order valence-electron chi connectivity index (χ3n) is 14.4. The zero-order valence-corrected chi connectivity index (χ0v) is 25.0. The summed E-state index contributed by atoms with van der Waals surface area (Å²) in [6.45, 7) is 18.2. The van der Waals surface area contributed by atoms with Gasteiger partial charge in [-0.3, -0.25) is 9.59 Å². The fourth-order valence-corrected chi connectivity index (χ4v) is 11.6. The number of methoxy groups -OCH3 is 1. The molecule has 4 nitrogen and oxygen atoms in total. The van der Waals surface area contributed by atoms with Crippen LogP contribution in [0, 0.1) is 56.7 Å². The molecule has 10 atom stereocenters. The van der Waals surface area contributed by atoms with Crippen molar-refractivity contribution in [1.82, 2.24) is 0 Å². The number of hydrogen-bond acceptors (Lipinski definition) is 4.